The van der Waals surface area contributed by atoms with E-state index in [1.165, 1.54) is 12.1 Å². The Morgan fingerprint density at radius 2 is 1.93 bits per heavy atom. The molecule has 0 spiro atoms. The van der Waals surface area contributed by atoms with Crippen LogP contribution in [0.5, 0.6) is 5.88 Å². The van der Waals surface area contributed by atoms with Gasteiger partial charge < -0.3 is 35.0 Å². The van der Waals surface area contributed by atoms with Crippen LogP contribution >= 0.6 is 0 Å². The number of nitrogens with one attached hydrogen (secondary N) is 2. The van der Waals surface area contributed by atoms with Gasteiger partial charge in [-0.05, 0) is 59.6 Å². The Labute approximate surface area is 233 Å². The summed E-state index contributed by atoms with van der Waals surface area (Å²) in [5.41, 5.74) is -0.861. The third-order valence-corrected chi connectivity index (χ3v) is 7.36. The van der Waals surface area contributed by atoms with E-state index in [0.29, 0.717) is 37.7 Å². The van der Waals surface area contributed by atoms with E-state index in [1.807, 2.05) is 25.7 Å². The molecule has 2 unspecified atom stereocenters. The molecule has 0 saturated carbocycles. The van der Waals surface area contributed by atoms with E-state index >= 15 is 4.39 Å². The summed E-state index contributed by atoms with van der Waals surface area (Å²) < 4.78 is 27.7. The van der Waals surface area contributed by atoms with Gasteiger partial charge in [-0.15, -0.1) is 0 Å². The Bertz CT molecular complexity index is 1310. The molecule has 12 heteroatoms. The number of urea groups is 1. The molecule has 3 amide bonds. The fourth-order valence-electron chi connectivity index (χ4n) is 5.33. The summed E-state index contributed by atoms with van der Waals surface area (Å²) in [5.74, 6) is -0.434. The smallest absolute Gasteiger partial charge is 0.319 e. The summed E-state index contributed by atoms with van der Waals surface area (Å²) in [5, 5.41) is 14.5. The van der Waals surface area contributed by atoms with Crippen LogP contribution in [0.4, 0.5) is 20.8 Å². The van der Waals surface area contributed by atoms with Crippen LogP contribution in [0.1, 0.15) is 57.8 Å². The molecule has 2 aromatic rings. The third kappa shape index (κ3) is 5.68. The van der Waals surface area contributed by atoms with Crippen molar-refractivity contribution < 1.29 is 28.6 Å². The number of likely N-dealkylation sites (N-methyl/N-ethyl adjacent to an activating group) is 1. The maximum absolute atomic E-state index is 15.4. The SMILES string of the molecule is CCN1CC(C)(C)Oc2nc(N3CC4CCC(C3)O4)nc(-c3ccc(NC(=O)NC(C)(C)CO)c(F)c3)c2C1=O. The summed E-state index contributed by atoms with van der Waals surface area (Å²) >= 11 is 0. The Morgan fingerprint density at radius 3 is 2.55 bits per heavy atom. The van der Waals surface area contributed by atoms with Crippen molar-refractivity contribution in [2.24, 2.45) is 0 Å². The summed E-state index contributed by atoms with van der Waals surface area (Å²) in [6, 6.07) is 3.60. The summed E-state index contributed by atoms with van der Waals surface area (Å²) in [7, 11) is 0. The Kier molecular flexibility index (Phi) is 7.34. The van der Waals surface area contributed by atoms with Gasteiger partial charge in [0.2, 0.25) is 11.8 Å². The van der Waals surface area contributed by atoms with Gasteiger partial charge in [-0.1, -0.05) is 6.07 Å². The van der Waals surface area contributed by atoms with Gasteiger partial charge in [-0.25, -0.2) is 14.2 Å². The lowest BCUT2D eigenvalue weighted by atomic mass is 10.0. The number of aliphatic hydroxyl groups excluding tert-OH is 1. The largest absolute Gasteiger partial charge is 0.469 e. The molecule has 5 rings (SSSR count). The molecule has 1 aromatic heterocycles. The first kappa shape index (κ1) is 28.0. The van der Waals surface area contributed by atoms with Crippen molar-refractivity contribution in [2.45, 2.75) is 70.8 Å². The molecule has 2 atom stereocenters. The van der Waals surface area contributed by atoms with Gasteiger partial charge in [-0.2, -0.15) is 4.98 Å². The zero-order chi connectivity index (χ0) is 28.8. The molecule has 4 heterocycles. The van der Waals surface area contributed by atoms with Gasteiger partial charge >= 0.3 is 6.03 Å². The quantitative estimate of drug-likeness (QED) is 0.495. The van der Waals surface area contributed by atoms with Crippen LogP contribution in [0.25, 0.3) is 11.3 Å². The van der Waals surface area contributed by atoms with Crippen LogP contribution in [0, 0.1) is 5.82 Å². The molecule has 3 N–H and O–H groups in total. The van der Waals surface area contributed by atoms with Gasteiger partial charge in [0.1, 0.15) is 17.0 Å². The predicted molar refractivity (Wildman–Crippen MR) is 147 cm³/mol. The molecule has 2 saturated heterocycles. The number of morpholine rings is 1. The molecule has 216 valence electrons. The predicted octanol–water partition coefficient (Wildman–Crippen LogP) is 3.18. The van der Waals surface area contributed by atoms with Gasteiger partial charge in [-0.3, -0.25) is 4.79 Å². The first-order valence-electron chi connectivity index (χ1n) is 13.7. The minimum atomic E-state index is -0.881. The Morgan fingerprint density at radius 1 is 1.23 bits per heavy atom. The second-order valence-corrected chi connectivity index (χ2v) is 11.9. The van der Waals surface area contributed by atoms with Crippen LogP contribution in [-0.2, 0) is 4.74 Å². The van der Waals surface area contributed by atoms with Crippen molar-refractivity contribution in [1.82, 2.24) is 20.2 Å². The number of nitrogens with zero attached hydrogens (tertiary/aromatic N) is 4. The number of benzene rings is 1. The normalized spacial score (nSPS) is 21.9. The average Bonchev–Trinajstić information content (AvgIpc) is 3.19. The highest BCUT2D eigenvalue weighted by atomic mass is 19.1. The summed E-state index contributed by atoms with van der Waals surface area (Å²) in [4.78, 5) is 39.4. The molecule has 11 nitrogen and oxygen atoms in total. The summed E-state index contributed by atoms with van der Waals surface area (Å²) in [6.45, 7) is 10.7. The van der Waals surface area contributed by atoms with Gasteiger partial charge in [0.15, 0.2) is 0 Å². The average molecular weight is 557 g/mol. The van der Waals surface area contributed by atoms with E-state index in [4.69, 9.17) is 19.4 Å². The van der Waals surface area contributed by atoms with Crippen LogP contribution in [0.2, 0.25) is 0 Å². The maximum atomic E-state index is 15.4. The molecule has 40 heavy (non-hydrogen) atoms. The number of carbonyl (C=O) groups is 2. The number of rotatable bonds is 6. The number of aromatic nitrogens is 2. The molecule has 1 aromatic carbocycles. The Hall–Kier alpha value is -3.51. The highest BCUT2D eigenvalue weighted by molar-refractivity contribution is 6.03. The topological polar surface area (TPSA) is 129 Å². The van der Waals surface area contributed by atoms with Gasteiger partial charge in [0, 0.05) is 25.2 Å². The molecular weight excluding hydrogens is 519 g/mol. The lowest BCUT2D eigenvalue weighted by Gasteiger charge is -2.33. The zero-order valence-corrected chi connectivity index (χ0v) is 23.6. The fourth-order valence-corrected chi connectivity index (χ4v) is 5.33. The molecule has 0 aliphatic carbocycles. The number of ether oxygens (including phenoxy) is 2. The van der Waals surface area contributed by atoms with Crippen molar-refractivity contribution in [2.75, 3.05) is 43.0 Å². The third-order valence-electron chi connectivity index (χ3n) is 7.36. The molecule has 0 radical (unpaired) electrons. The van der Waals surface area contributed by atoms with Crippen molar-refractivity contribution in [1.29, 1.82) is 0 Å². The molecule has 2 fully saturated rings. The van der Waals surface area contributed by atoms with Crippen LogP contribution in [0.3, 0.4) is 0 Å². The number of aliphatic hydroxyl groups is 1. The minimum absolute atomic E-state index is 0.0565. The van der Waals surface area contributed by atoms with Crippen molar-refractivity contribution in [3.63, 3.8) is 0 Å². The highest BCUT2D eigenvalue weighted by Gasteiger charge is 2.39. The minimum Gasteiger partial charge on any atom is -0.469 e. The number of anilines is 2. The van der Waals surface area contributed by atoms with Crippen LogP contribution in [0.15, 0.2) is 18.2 Å². The van der Waals surface area contributed by atoms with Crippen molar-refractivity contribution in [3.8, 4) is 17.1 Å². The number of carbonyl (C=O) groups excluding carboxylic acids is 2. The van der Waals surface area contributed by atoms with Crippen LogP contribution < -0.4 is 20.3 Å². The standard InChI is InChI=1S/C28H37FN6O5/c1-6-34-14-28(4,5)40-23-21(24(34)37)22(31-25(32-23)35-12-17-8-9-18(13-35)39-17)16-7-10-20(19(29)11-16)30-26(38)33-27(2,3)15-36/h7,10-11,17-18,36H,6,8-9,12-15H2,1-5H3,(H2,30,33,38). The van der Waals surface area contributed by atoms with Crippen molar-refractivity contribution in [3.05, 3.63) is 29.6 Å². The van der Waals surface area contributed by atoms with Crippen molar-refractivity contribution >= 4 is 23.6 Å². The van der Waals surface area contributed by atoms with Crippen LogP contribution in [-0.4, -0.2) is 88.0 Å². The monoisotopic (exact) mass is 556 g/mol. The first-order chi connectivity index (χ1) is 18.9. The number of hydrogen-bond acceptors (Lipinski definition) is 8. The van der Waals surface area contributed by atoms with E-state index < -0.39 is 23.0 Å². The van der Waals surface area contributed by atoms with E-state index in [-0.39, 0.29) is 47.5 Å². The van der Waals surface area contributed by atoms with E-state index in [9.17, 15) is 14.7 Å². The molecule has 3 aliphatic heterocycles. The van der Waals surface area contributed by atoms with Gasteiger partial charge in [0.25, 0.3) is 5.91 Å². The van der Waals surface area contributed by atoms with E-state index in [0.717, 1.165) is 12.8 Å². The lowest BCUT2D eigenvalue weighted by Crippen LogP contribution is -2.48. The number of fused-ring (bicyclic) bond motifs is 3. The van der Waals surface area contributed by atoms with E-state index in [2.05, 4.69) is 10.6 Å². The van der Waals surface area contributed by atoms with Gasteiger partial charge in [0.05, 0.1) is 42.3 Å². The zero-order valence-electron chi connectivity index (χ0n) is 23.6. The lowest BCUT2D eigenvalue weighted by molar-refractivity contribution is 0.0297. The highest BCUT2D eigenvalue weighted by Crippen LogP contribution is 2.38. The first-order valence-corrected chi connectivity index (χ1v) is 13.7. The second-order valence-electron chi connectivity index (χ2n) is 11.9. The second kappa shape index (κ2) is 10.5. The number of amides is 3. The molecule has 2 bridgehead atoms. The van der Waals surface area contributed by atoms with E-state index in [1.54, 1.807) is 24.8 Å². The number of hydrogen-bond donors (Lipinski definition) is 3. The maximum Gasteiger partial charge on any atom is 0.319 e. The summed E-state index contributed by atoms with van der Waals surface area (Å²) in [6.07, 6.45) is 2.11. The Balaban J connectivity index is 1.56. The fraction of sp³-hybridized carbons (Fsp3) is 0.571. The molecular formula is C28H37FN6O5. The molecule has 3 aliphatic rings. The number of halogens is 1.